The van der Waals surface area contributed by atoms with Gasteiger partial charge in [0.15, 0.2) is 0 Å². The average Bonchev–Trinajstić information content (AvgIpc) is 3.16. The molecule has 1 amide bonds. The van der Waals surface area contributed by atoms with E-state index in [-0.39, 0.29) is 23.9 Å². The van der Waals surface area contributed by atoms with Gasteiger partial charge in [-0.15, -0.1) is 0 Å². The smallest absolute Gasteiger partial charge is 0.224 e. The fraction of sp³-hybridized carbons (Fsp3) is 0.588. The lowest BCUT2D eigenvalue weighted by Gasteiger charge is -2.22. The minimum Gasteiger partial charge on any atom is -0.495 e. The van der Waals surface area contributed by atoms with Crippen molar-refractivity contribution < 1.29 is 9.53 Å². The van der Waals surface area contributed by atoms with Crippen LogP contribution in [0.2, 0.25) is 0 Å². The number of rotatable bonds is 4. The predicted octanol–water partition coefficient (Wildman–Crippen LogP) is 1.52. The Morgan fingerprint density at radius 2 is 2.14 bits per heavy atom. The van der Waals surface area contributed by atoms with Crippen molar-refractivity contribution in [3.8, 4) is 5.75 Å². The minimum absolute atomic E-state index is 0.000288. The van der Waals surface area contributed by atoms with Crippen LogP contribution in [0.1, 0.15) is 25.7 Å². The van der Waals surface area contributed by atoms with Gasteiger partial charge in [-0.3, -0.25) is 4.79 Å². The molecule has 3 N–H and O–H groups in total. The number of ether oxygens (including phenoxy) is 1. The predicted molar refractivity (Wildman–Crippen MR) is 87.1 cm³/mol. The summed E-state index contributed by atoms with van der Waals surface area (Å²) in [6, 6.07) is 8.26. The van der Waals surface area contributed by atoms with Gasteiger partial charge in [-0.2, -0.15) is 0 Å². The van der Waals surface area contributed by atoms with E-state index in [4.69, 9.17) is 10.5 Å². The van der Waals surface area contributed by atoms with Crippen LogP contribution in [0, 0.1) is 5.92 Å². The van der Waals surface area contributed by atoms with Gasteiger partial charge >= 0.3 is 0 Å². The standard InChI is InChI=1S/C17H25N3O2/c1-22-16-8-3-2-7-15(16)20-10-9-12(11-20)19-17(21)13-5-4-6-14(13)18/h2-3,7-8,12-14H,4-6,9-11,18H2,1H3,(H,19,21)/t12-,13-,14+/m0/s1. The number of benzene rings is 1. The fourth-order valence-electron chi connectivity index (χ4n) is 3.61. The monoisotopic (exact) mass is 303 g/mol. The number of carbonyl (C=O) groups excluding carboxylic acids is 1. The summed E-state index contributed by atoms with van der Waals surface area (Å²) in [5.74, 6) is 1.02. The Labute approximate surface area is 131 Å². The van der Waals surface area contributed by atoms with Crippen LogP contribution >= 0.6 is 0 Å². The molecule has 1 aromatic carbocycles. The molecule has 2 fully saturated rings. The number of hydrogen-bond acceptors (Lipinski definition) is 4. The molecule has 1 aliphatic carbocycles. The normalized spacial score (nSPS) is 27.9. The van der Waals surface area contributed by atoms with Gasteiger partial charge in [0.2, 0.25) is 5.91 Å². The Bertz CT molecular complexity index is 534. The molecule has 0 radical (unpaired) electrons. The van der Waals surface area contributed by atoms with Crippen molar-refractivity contribution in [2.45, 2.75) is 37.8 Å². The third kappa shape index (κ3) is 3.04. The SMILES string of the molecule is COc1ccccc1N1CC[C@H](NC(=O)[C@H]2CCC[C@H]2N)C1. The van der Waals surface area contributed by atoms with Crippen LogP contribution in [-0.4, -0.2) is 38.2 Å². The number of carbonyl (C=O) groups is 1. The summed E-state index contributed by atoms with van der Waals surface area (Å²) in [4.78, 5) is 14.6. The van der Waals surface area contributed by atoms with Crippen LogP contribution in [0.5, 0.6) is 5.75 Å². The van der Waals surface area contributed by atoms with Crippen molar-refractivity contribution in [1.82, 2.24) is 5.32 Å². The number of amides is 1. The quantitative estimate of drug-likeness (QED) is 0.885. The molecule has 0 aromatic heterocycles. The molecular weight excluding hydrogens is 278 g/mol. The molecule has 3 atom stereocenters. The molecule has 1 saturated heterocycles. The van der Waals surface area contributed by atoms with Crippen LogP contribution in [0.15, 0.2) is 24.3 Å². The summed E-state index contributed by atoms with van der Waals surface area (Å²) >= 11 is 0. The van der Waals surface area contributed by atoms with E-state index in [9.17, 15) is 4.79 Å². The molecular formula is C17H25N3O2. The first-order valence-corrected chi connectivity index (χ1v) is 8.13. The van der Waals surface area contributed by atoms with Gasteiger partial charge in [0.25, 0.3) is 0 Å². The molecule has 0 spiro atoms. The Balaban J connectivity index is 1.59. The second kappa shape index (κ2) is 6.57. The van der Waals surface area contributed by atoms with E-state index < -0.39 is 0 Å². The highest BCUT2D eigenvalue weighted by Gasteiger charge is 2.33. The lowest BCUT2D eigenvalue weighted by atomic mass is 10.0. The molecule has 120 valence electrons. The van der Waals surface area contributed by atoms with Crippen LogP contribution in [-0.2, 0) is 4.79 Å². The number of nitrogens with two attached hydrogens (primary N) is 1. The van der Waals surface area contributed by atoms with E-state index in [2.05, 4.69) is 16.3 Å². The number of para-hydroxylation sites is 2. The largest absolute Gasteiger partial charge is 0.495 e. The first kappa shape index (κ1) is 15.2. The van der Waals surface area contributed by atoms with Gasteiger partial charge in [-0.1, -0.05) is 18.6 Å². The first-order valence-electron chi connectivity index (χ1n) is 8.13. The Morgan fingerprint density at radius 3 is 2.86 bits per heavy atom. The molecule has 22 heavy (non-hydrogen) atoms. The van der Waals surface area contributed by atoms with Gasteiger partial charge in [-0.25, -0.2) is 0 Å². The van der Waals surface area contributed by atoms with E-state index in [0.29, 0.717) is 0 Å². The zero-order valence-corrected chi connectivity index (χ0v) is 13.1. The third-order valence-electron chi connectivity index (χ3n) is 4.87. The molecule has 1 heterocycles. The van der Waals surface area contributed by atoms with Crippen molar-refractivity contribution in [2.75, 3.05) is 25.1 Å². The van der Waals surface area contributed by atoms with E-state index in [0.717, 1.165) is 50.2 Å². The average molecular weight is 303 g/mol. The topological polar surface area (TPSA) is 67.6 Å². The number of hydrogen-bond donors (Lipinski definition) is 2. The molecule has 1 aromatic rings. The van der Waals surface area contributed by atoms with E-state index in [1.54, 1.807) is 7.11 Å². The van der Waals surface area contributed by atoms with E-state index in [1.807, 2.05) is 18.2 Å². The highest BCUT2D eigenvalue weighted by atomic mass is 16.5. The van der Waals surface area contributed by atoms with Crippen molar-refractivity contribution >= 4 is 11.6 Å². The van der Waals surface area contributed by atoms with Crippen molar-refractivity contribution in [1.29, 1.82) is 0 Å². The Morgan fingerprint density at radius 1 is 1.32 bits per heavy atom. The Kier molecular flexibility index (Phi) is 4.52. The first-order chi connectivity index (χ1) is 10.7. The van der Waals surface area contributed by atoms with Crippen LogP contribution in [0.3, 0.4) is 0 Å². The molecule has 5 nitrogen and oxygen atoms in total. The van der Waals surface area contributed by atoms with Crippen LogP contribution in [0.25, 0.3) is 0 Å². The summed E-state index contributed by atoms with van der Waals surface area (Å²) in [5, 5.41) is 3.19. The number of anilines is 1. The second-order valence-electron chi connectivity index (χ2n) is 6.31. The maximum absolute atomic E-state index is 12.3. The van der Waals surface area contributed by atoms with E-state index >= 15 is 0 Å². The molecule has 2 aliphatic rings. The van der Waals surface area contributed by atoms with Crippen molar-refractivity contribution in [3.63, 3.8) is 0 Å². The summed E-state index contributed by atoms with van der Waals surface area (Å²) in [5.41, 5.74) is 7.12. The maximum atomic E-state index is 12.3. The summed E-state index contributed by atoms with van der Waals surface area (Å²) in [7, 11) is 1.69. The van der Waals surface area contributed by atoms with Gasteiger partial charge in [-0.05, 0) is 31.4 Å². The van der Waals surface area contributed by atoms with Crippen molar-refractivity contribution in [3.05, 3.63) is 24.3 Å². The van der Waals surface area contributed by atoms with Gasteiger partial charge < -0.3 is 20.7 Å². The summed E-state index contributed by atoms with van der Waals surface area (Å²) < 4.78 is 5.42. The molecule has 0 unspecified atom stereocenters. The zero-order chi connectivity index (χ0) is 15.5. The lowest BCUT2D eigenvalue weighted by molar-refractivity contribution is -0.125. The van der Waals surface area contributed by atoms with E-state index in [1.165, 1.54) is 0 Å². The highest BCUT2D eigenvalue weighted by molar-refractivity contribution is 5.80. The third-order valence-corrected chi connectivity index (χ3v) is 4.87. The second-order valence-corrected chi connectivity index (χ2v) is 6.31. The molecule has 0 bridgehead atoms. The van der Waals surface area contributed by atoms with Gasteiger partial charge in [0.05, 0.1) is 18.7 Å². The van der Waals surface area contributed by atoms with Gasteiger partial charge in [0, 0.05) is 25.2 Å². The lowest BCUT2D eigenvalue weighted by Crippen LogP contribution is -2.44. The number of nitrogens with zero attached hydrogens (tertiary/aromatic N) is 1. The maximum Gasteiger partial charge on any atom is 0.224 e. The number of nitrogens with one attached hydrogen (secondary N) is 1. The molecule has 1 aliphatic heterocycles. The highest BCUT2D eigenvalue weighted by Crippen LogP contribution is 2.30. The van der Waals surface area contributed by atoms with Crippen LogP contribution in [0.4, 0.5) is 5.69 Å². The number of methoxy groups -OCH3 is 1. The molecule has 1 saturated carbocycles. The van der Waals surface area contributed by atoms with Gasteiger partial charge in [0.1, 0.15) is 5.75 Å². The fourth-order valence-corrected chi connectivity index (χ4v) is 3.61. The van der Waals surface area contributed by atoms with Crippen LogP contribution < -0.4 is 20.7 Å². The molecule has 5 heteroatoms. The summed E-state index contributed by atoms with van der Waals surface area (Å²) in [6.45, 7) is 1.76. The molecule has 3 rings (SSSR count). The zero-order valence-electron chi connectivity index (χ0n) is 13.1. The minimum atomic E-state index is 0.000288. The Hall–Kier alpha value is -1.75. The summed E-state index contributed by atoms with van der Waals surface area (Å²) in [6.07, 6.45) is 3.93. The van der Waals surface area contributed by atoms with Crippen molar-refractivity contribution in [2.24, 2.45) is 11.7 Å².